The van der Waals surface area contributed by atoms with E-state index >= 15 is 0 Å². The second kappa shape index (κ2) is 11.7. The highest BCUT2D eigenvalue weighted by Crippen LogP contribution is 2.27. The Labute approximate surface area is 197 Å². The van der Waals surface area contributed by atoms with Crippen molar-refractivity contribution in [2.45, 2.75) is 13.1 Å². The fraction of sp³-hybridized carbons (Fsp3) is 0.250. The van der Waals surface area contributed by atoms with Crippen molar-refractivity contribution in [2.24, 2.45) is 0 Å². The summed E-state index contributed by atoms with van der Waals surface area (Å²) < 4.78 is 0. The second-order valence-electron chi connectivity index (χ2n) is 7.47. The molecule has 10 nitrogen and oxygen atoms in total. The largest absolute Gasteiger partial charge is 0.395 e. The van der Waals surface area contributed by atoms with Crippen molar-refractivity contribution in [3.8, 4) is 0 Å². The maximum Gasteiger partial charge on any atom is 0.225 e. The van der Waals surface area contributed by atoms with Gasteiger partial charge in [0.05, 0.1) is 13.2 Å². The van der Waals surface area contributed by atoms with Crippen LogP contribution < -0.4 is 21.3 Å². The Balaban J connectivity index is 1.73. The summed E-state index contributed by atoms with van der Waals surface area (Å²) in [5, 5.41) is 31.3. The Morgan fingerprint density at radius 1 is 0.529 bits per heavy atom. The molecule has 0 bridgehead atoms. The second-order valence-corrected chi connectivity index (χ2v) is 7.47. The molecule has 0 saturated carbocycles. The van der Waals surface area contributed by atoms with E-state index in [2.05, 4.69) is 41.2 Å². The van der Waals surface area contributed by atoms with Gasteiger partial charge in [-0.1, -0.05) is 60.7 Å². The fourth-order valence-electron chi connectivity index (χ4n) is 3.32. The number of hydrogen-bond acceptors (Lipinski definition) is 10. The van der Waals surface area contributed by atoms with Crippen molar-refractivity contribution in [1.29, 1.82) is 0 Å². The highest BCUT2D eigenvalue weighted by atomic mass is 16.3. The van der Waals surface area contributed by atoms with Crippen LogP contribution >= 0.6 is 0 Å². The van der Waals surface area contributed by atoms with Gasteiger partial charge in [0.25, 0.3) is 0 Å². The molecule has 0 aliphatic carbocycles. The van der Waals surface area contributed by atoms with Crippen LogP contribution in [0.3, 0.4) is 0 Å². The fourth-order valence-corrected chi connectivity index (χ4v) is 3.32. The Morgan fingerprint density at radius 2 is 0.941 bits per heavy atom. The van der Waals surface area contributed by atoms with E-state index in [1.165, 1.54) is 0 Å². The van der Waals surface area contributed by atoms with Crippen LogP contribution in [0.15, 0.2) is 60.7 Å². The number of anilines is 4. The molecule has 0 amide bonds. The summed E-state index contributed by atoms with van der Waals surface area (Å²) in [7, 11) is 0. The average Bonchev–Trinajstić information content (AvgIpc) is 2.89. The SMILES string of the molecule is OCCNc1nc(NCc2ccccc2)c2nc(NCCO)nc(NCc3ccccc3)c2n1. The van der Waals surface area contributed by atoms with Crippen LogP contribution in [0.1, 0.15) is 11.1 Å². The first-order chi connectivity index (χ1) is 16.8. The van der Waals surface area contributed by atoms with Crippen LogP contribution in [-0.4, -0.2) is 56.5 Å². The summed E-state index contributed by atoms with van der Waals surface area (Å²) in [6.07, 6.45) is 0. The number of nitrogens with zero attached hydrogens (tertiary/aromatic N) is 4. The minimum Gasteiger partial charge on any atom is -0.395 e. The molecule has 0 spiro atoms. The summed E-state index contributed by atoms with van der Waals surface area (Å²) in [6, 6.07) is 20.0. The zero-order valence-corrected chi connectivity index (χ0v) is 18.7. The highest BCUT2D eigenvalue weighted by molar-refractivity contribution is 5.94. The van der Waals surface area contributed by atoms with Crippen LogP contribution in [-0.2, 0) is 13.1 Å². The summed E-state index contributed by atoms with van der Waals surface area (Å²) in [5.74, 6) is 1.79. The molecule has 2 aromatic carbocycles. The molecule has 4 aromatic rings. The summed E-state index contributed by atoms with van der Waals surface area (Å²) >= 11 is 0. The van der Waals surface area contributed by atoms with Gasteiger partial charge in [-0.05, 0) is 11.1 Å². The number of fused-ring (bicyclic) bond motifs is 1. The van der Waals surface area contributed by atoms with Crippen molar-refractivity contribution < 1.29 is 10.2 Å². The predicted molar refractivity (Wildman–Crippen MR) is 134 cm³/mol. The minimum absolute atomic E-state index is 0.0478. The molecule has 6 N–H and O–H groups in total. The van der Waals surface area contributed by atoms with Gasteiger partial charge in [0.1, 0.15) is 11.0 Å². The minimum atomic E-state index is -0.0478. The predicted octanol–water partition coefficient (Wildman–Crippen LogP) is 2.45. The molecule has 34 heavy (non-hydrogen) atoms. The quantitative estimate of drug-likeness (QED) is 0.187. The van der Waals surface area contributed by atoms with Gasteiger partial charge >= 0.3 is 0 Å². The number of benzene rings is 2. The van der Waals surface area contributed by atoms with Crippen molar-refractivity contribution >= 4 is 34.6 Å². The molecule has 4 rings (SSSR count). The zero-order chi connectivity index (χ0) is 23.6. The van der Waals surface area contributed by atoms with Crippen molar-refractivity contribution in [3.63, 3.8) is 0 Å². The number of hydrogen-bond donors (Lipinski definition) is 6. The number of aliphatic hydroxyl groups excluding tert-OH is 2. The van der Waals surface area contributed by atoms with E-state index in [9.17, 15) is 10.2 Å². The summed E-state index contributed by atoms with van der Waals surface area (Å²) in [5.41, 5.74) is 3.26. The summed E-state index contributed by atoms with van der Waals surface area (Å²) in [6.45, 7) is 1.62. The van der Waals surface area contributed by atoms with E-state index in [-0.39, 0.29) is 13.2 Å². The Hall–Kier alpha value is -4.02. The standard InChI is InChI=1S/C24H28N8O2/c33-13-11-25-23-30-20-19(21(31-23)27-15-17-7-3-1-4-8-17)29-24(26-12-14-34)32-22(20)28-16-18-9-5-2-6-10-18/h1-10,33-34H,11-16H2,(H2,25,27,30,31)(H2,26,28,29,32). The Kier molecular flexibility index (Phi) is 7.99. The van der Waals surface area contributed by atoms with Crippen molar-refractivity contribution in [3.05, 3.63) is 71.8 Å². The highest BCUT2D eigenvalue weighted by Gasteiger charge is 2.16. The molecule has 0 radical (unpaired) electrons. The molecule has 10 heteroatoms. The van der Waals surface area contributed by atoms with Gasteiger partial charge in [-0.25, -0.2) is 9.97 Å². The van der Waals surface area contributed by atoms with Crippen LogP contribution in [0.5, 0.6) is 0 Å². The van der Waals surface area contributed by atoms with E-state index in [0.29, 0.717) is 60.7 Å². The van der Waals surface area contributed by atoms with Gasteiger partial charge in [-0.3, -0.25) is 0 Å². The van der Waals surface area contributed by atoms with E-state index < -0.39 is 0 Å². The average molecular weight is 461 g/mol. The normalized spacial score (nSPS) is 10.8. The molecule has 0 aliphatic heterocycles. The Morgan fingerprint density at radius 3 is 1.32 bits per heavy atom. The van der Waals surface area contributed by atoms with Gasteiger partial charge in [0, 0.05) is 26.2 Å². The smallest absolute Gasteiger partial charge is 0.225 e. The molecule has 0 atom stereocenters. The third kappa shape index (κ3) is 6.06. The van der Waals surface area contributed by atoms with Gasteiger partial charge in [0.2, 0.25) is 11.9 Å². The summed E-state index contributed by atoms with van der Waals surface area (Å²) in [4.78, 5) is 18.4. The van der Waals surface area contributed by atoms with Gasteiger partial charge in [0.15, 0.2) is 11.6 Å². The van der Waals surface area contributed by atoms with Crippen molar-refractivity contribution in [1.82, 2.24) is 19.9 Å². The first-order valence-electron chi connectivity index (χ1n) is 11.1. The lowest BCUT2D eigenvalue weighted by molar-refractivity contribution is 0.310. The van der Waals surface area contributed by atoms with Crippen LogP contribution in [0.2, 0.25) is 0 Å². The van der Waals surface area contributed by atoms with E-state index in [4.69, 9.17) is 0 Å². The molecular weight excluding hydrogens is 432 g/mol. The van der Waals surface area contributed by atoms with E-state index in [1.807, 2.05) is 60.7 Å². The van der Waals surface area contributed by atoms with E-state index in [0.717, 1.165) is 11.1 Å². The first kappa shape index (κ1) is 23.1. The lowest BCUT2D eigenvalue weighted by Crippen LogP contribution is -2.15. The monoisotopic (exact) mass is 460 g/mol. The van der Waals surface area contributed by atoms with E-state index in [1.54, 1.807) is 0 Å². The molecule has 2 aromatic heterocycles. The number of aromatic nitrogens is 4. The first-order valence-corrected chi connectivity index (χ1v) is 11.1. The van der Waals surface area contributed by atoms with Crippen molar-refractivity contribution in [2.75, 3.05) is 47.6 Å². The van der Waals surface area contributed by atoms with Crippen LogP contribution in [0.25, 0.3) is 11.0 Å². The van der Waals surface area contributed by atoms with Crippen LogP contribution in [0, 0.1) is 0 Å². The van der Waals surface area contributed by atoms with Gasteiger partial charge < -0.3 is 31.5 Å². The topological polar surface area (TPSA) is 140 Å². The zero-order valence-electron chi connectivity index (χ0n) is 18.7. The van der Waals surface area contributed by atoms with Gasteiger partial charge in [-0.2, -0.15) is 9.97 Å². The molecular formula is C24H28N8O2. The molecule has 2 heterocycles. The molecule has 0 unspecified atom stereocenters. The number of aliphatic hydroxyl groups is 2. The molecule has 0 saturated heterocycles. The van der Waals surface area contributed by atoms with Gasteiger partial charge in [-0.15, -0.1) is 0 Å². The lowest BCUT2D eigenvalue weighted by atomic mass is 10.2. The number of nitrogens with one attached hydrogen (secondary N) is 4. The Bertz CT molecular complexity index is 1100. The van der Waals surface area contributed by atoms with Crippen LogP contribution in [0.4, 0.5) is 23.5 Å². The molecule has 176 valence electrons. The lowest BCUT2D eigenvalue weighted by Gasteiger charge is -2.15. The molecule has 0 fully saturated rings. The maximum atomic E-state index is 9.25. The third-order valence-corrected chi connectivity index (χ3v) is 4.94. The maximum absolute atomic E-state index is 9.25. The third-order valence-electron chi connectivity index (χ3n) is 4.94. The number of rotatable bonds is 12. The molecule has 0 aliphatic rings.